The highest BCUT2D eigenvalue weighted by Crippen LogP contribution is 2.43. The van der Waals surface area contributed by atoms with Crippen molar-refractivity contribution in [1.29, 1.82) is 5.26 Å². The van der Waals surface area contributed by atoms with E-state index in [9.17, 15) is 0 Å². The predicted octanol–water partition coefficient (Wildman–Crippen LogP) is 2.45. The molecule has 0 radical (unpaired) electrons. The van der Waals surface area contributed by atoms with Crippen LogP contribution in [0.25, 0.3) is 0 Å². The molecule has 1 aromatic rings. The van der Waals surface area contributed by atoms with E-state index < -0.39 is 0 Å². The lowest BCUT2D eigenvalue weighted by molar-refractivity contribution is 0.128. The number of ether oxygens (including phenoxy) is 1. The van der Waals surface area contributed by atoms with Crippen LogP contribution in [0, 0.1) is 11.3 Å². The molecule has 0 N–H and O–H groups in total. The van der Waals surface area contributed by atoms with Crippen LogP contribution in [0.3, 0.4) is 0 Å². The minimum atomic E-state index is 0.410. The quantitative estimate of drug-likeness (QED) is 0.728. The molecule has 1 aliphatic carbocycles. The molecule has 2 heteroatoms. The van der Waals surface area contributed by atoms with Gasteiger partial charge in [0.15, 0.2) is 0 Å². The largest absolute Gasteiger partial charge is 0.378 e. The molecule has 0 saturated heterocycles. The van der Waals surface area contributed by atoms with Crippen molar-refractivity contribution in [2.24, 2.45) is 0 Å². The molecule has 0 bridgehead atoms. The normalized spacial score (nSPS) is 24.3. The van der Waals surface area contributed by atoms with Crippen molar-refractivity contribution < 1.29 is 4.74 Å². The summed E-state index contributed by atoms with van der Waals surface area (Å²) in [5.74, 6) is 0.558. The van der Waals surface area contributed by atoms with Crippen molar-refractivity contribution in [1.82, 2.24) is 0 Å². The van der Waals surface area contributed by atoms with Gasteiger partial charge in [0.05, 0.1) is 17.7 Å². The van der Waals surface area contributed by atoms with Crippen LogP contribution >= 0.6 is 0 Å². The Kier molecular flexibility index (Phi) is 2.51. The zero-order chi connectivity index (χ0) is 9.97. The van der Waals surface area contributed by atoms with Gasteiger partial charge in [0.1, 0.15) is 0 Å². The highest BCUT2D eigenvalue weighted by molar-refractivity contribution is 5.35. The molecule has 0 spiro atoms. The smallest absolute Gasteiger partial charge is 0.0991 e. The Morgan fingerprint density at radius 1 is 1.43 bits per heavy atom. The van der Waals surface area contributed by atoms with E-state index in [2.05, 4.69) is 6.07 Å². The molecule has 0 aromatic heterocycles. The summed E-state index contributed by atoms with van der Waals surface area (Å²) >= 11 is 0. The molecule has 1 saturated carbocycles. The molecule has 1 aromatic carbocycles. The van der Waals surface area contributed by atoms with Gasteiger partial charge in [-0.25, -0.2) is 0 Å². The molecule has 1 aliphatic rings. The monoisotopic (exact) mass is 187 g/mol. The van der Waals surface area contributed by atoms with E-state index in [1.807, 2.05) is 31.2 Å². The van der Waals surface area contributed by atoms with Crippen molar-refractivity contribution in [3.63, 3.8) is 0 Å². The Labute approximate surface area is 84.1 Å². The van der Waals surface area contributed by atoms with Crippen molar-refractivity contribution >= 4 is 0 Å². The van der Waals surface area contributed by atoms with Gasteiger partial charge in [-0.15, -0.1) is 0 Å². The maximum absolute atomic E-state index is 8.64. The van der Waals surface area contributed by atoms with Gasteiger partial charge in [-0.05, 0) is 31.0 Å². The zero-order valence-corrected chi connectivity index (χ0v) is 8.23. The molecule has 72 valence electrons. The molecule has 1 fully saturated rings. The van der Waals surface area contributed by atoms with Gasteiger partial charge in [0, 0.05) is 12.5 Å². The predicted molar refractivity (Wildman–Crippen MR) is 53.9 cm³/mol. The molecule has 0 heterocycles. The maximum atomic E-state index is 8.64. The first-order valence-corrected chi connectivity index (χ1v) is 4.96. The van der Waals surface area contributed by atoms with Crippen LogP contribution in [0.2, 0.25) is 0 Å². The summed E-state index contributed by atoms with van der Waals surface area (Å²) in [5.41, 5.74) is 2.02. The summed E-state index contributed by atoms with van der Waals surface area (Å²) in [6.45, 7) is 2.81. The van der Waals surface area contributed by atoms with E-state index in [1.54, 1.807) is 0 Å². The van der Waals surface area contributed by atoms with E-state index >= 15 is 0 Å². The van der Waals surface area contributed by atoms with Gasteiger partial charge < -0.3 is 4.74 Å². The van der Waals surface area contributed by atoms with Crippen molar-refractivity contribution in [2.45, 2.75) is 25.4 Å². The third-order valence-electron chi connectivity index (χ3n) is 2.58. The van der Waals surface area contributed by atoms with Crippen LogP contribution in [0.1, 0.15) is 30.4 Å². The molecule has 2 atom stereocenters. The second-order valence-corrected chi connectivity index (χ2v) is 3.57. The Bertz CT molecular complexity index is 350. The first kappa shape index (κ1) is 9.23. The van der Waals surface area contributed by atoms with Gasteiger partial charge in [-0.3, -0.25) is 0 Å². The lowest BCUT2D eigenvalue weighted by atomic mass is 10.1. The second-order valence-electron chi connectivity index (χ2n) is 3.57. The number of rotatable bonds is 3. The molecule has 2 nitrogen and oxygen atoms in total. The number of nitrogens with zero attached hydrogens (tertiary/aromatic N) is 1. The number of nitriles is 1. The molecule has 0 aliphatic heterocycles. The molecule has 14 heavy (non-hydrogen) atoms. The van der Waals surface area contributed by atoms with Gasteiger partial charge in [0.2, 0.25) is 0 Å². The van der Waals surface area contributed by atoms with Crippen molar-refractivity contribution in [2.75, 3.05) is 6.61 Å². The van der Waals surface area contributed by atoms with Crippen LogP contribution in [0.5, 0.6) is 0 Å². The summed E-state index contributed by atoms with van der Waals surface area (Å²) in [6.07, 6.45) is 1.53. The average molecular weight is 187 g/mol. The molecule has 0 amide bonds. The minimum absolute atomic E-state index is 0.410. The average Bonchev–Trinajstić information content (AvgIpc) is 2.98. The van der Waals surface area contributed by atoms with Crippen LogP contribution in [-0.4, -0.2) is 12.7 Å². The lowest BCUT2D eigenvalue weighted by Crippen LogP contribution is -1.95. The highest BCUT2D eigenvalue weighted by atomic mass is 16.5. The SMILES string of the molecule is CCO[C@@H]1C[C@@H]1c1ccc(C#N)cc1. The first-order valence-electron chi connectivity index (χ1n) is 4.96. The fourth-order valence-electron chi connectivity index (χ4n) is 1.73. The molecule has 2 rings (SSSR count). The van der Waals surface area contributed by atoms with Gasteiger partial charge in [-0.1, -0.05) is 12.1 Å². The minimum Gasteiger partial charge on any atom is -0.378 e. The summed E-state index contributed by atoms with van der Waals surface area (Å²) < 4.78 is 5.51. The maximum Gasteiger partial charge on any atom is 0.0991 e. The number of benzene rings is 1. The van der Waals surface area contributed by atoms with E-state index in [0.717, 1.165) is 18.6 Å². The molecule has 0 unspecified atom stereocenters. The van der Waals surface area contributed by atoms with E-state index in [4.69, 9.17) is 10.00 Å². The molecular formula is C12H13NO. The Morgan fingerprint density at radius 2 is 2.14 bits per heavy atom. The standard InChI is InChI=1S/C12H13NO/c1-2-14-12-7-11(12)10-5-3-9(8-13)4-6-10/h3-6,11-12H,2,7H2,1H3/t11-,12-/m1/s1. The summed E-state index contributed by atoms with van der Waals surface area (Å²) in [4.78, 5) is 0. The first-order chi connectivity index (χ1) is 6.85. The second kappa shape index (κ2) is 3.81. The highest BCUT2D eigenvalue weighted by Gasteiger charge is 2.38. The third-order valence-corrected chi connectivity index (χ3v) is 2.58. The topological polar surface area (TPSA) is 33.0 Å². The van der Waals surface area contributed by atoms with E-state index in [0.29, 0.717) is 12.0 Å². The van der Waals surface area contributed by atoms with Crippen LogP contribution in [0.4, 0.5) is 0 Å². The summed E-state index contributed by atoms with van der Waals surface area (Å²) in [7, 11) is 0. The fraction of sp³-hybridized carbons (Fsp3) is 0.417. The van der Waals surface area contributed by atoms with E-state index in [-0.39, 0.29) is 0 Å². The van der Waals surface area contributed by atoms with Crippen LogP contribution < -0.4 is 0 Å². The Hall–Kier alpha value is -1.33. The van der Waals surface area contributed by atoms with E-state index in [1.165, 1.54) is 5.56 Å². The van der Waals surface area contributed by atoms with Crippen molar-refractivity contribution in [3.8, 4) is 6.07 Å². The lowest BCUT2D eigenvalue weighted by Gasteiger charge is -2.00. The van der Waals surface area contributed by atoms with Gasteiger partial charge in [0.25, 0.3) is 0 Å². The Balaban J connectivity index is 2.02. The van der Waals surface area contributed by atoms with Gasteiger partial charge in [-0.2, -0.15) is 5.26 Å². The fourth-order valence-corrected chi connectivity index (χ4v) is 1.73. The molecular weight excluding hydrogens is 174 g/mol. The van der Waals surface area contributed by atoms with Crippen molar-refractivity contribution in [3.05, 3.63) is 35.4 Å². The third kappa shape index (κ3) is 1.78. The number of hydrogen-bond donors (Lipinski definition) is 0. The zero-order valence-electron chi connectivity index (χ0n) is 8.23. The van der Waals surface area contributed by atoms with Gasteiger partial charge >= 0.3 is 0 Å². The Morgan fingerprint density at radius 3 is 2.71 bits per heavy atom. The van der Waals surface area contributed by atoms with Crippen LogP contribution in [-0.2, 0) is 4.74 Å². The van der Waals surface area contributed by atoms with Crippen LogP contribution in [0.15, 0.2) is 24.3 Å². The summed E-state index contributed by atoms with van der Waals surface area (Å²) in [5, 5.41) is 8.64. The number of hydrogen-bond acceptors (Lipinski definition) is 2. The summed E-state index contributed by atoms with van der Waals surface area (Å²) in [6, 6.07) is 9.92.